The van der Waals surface area contributed by atoms with Crippen LogP contribution in [-0.4, -0.2) is 14.8 Å². The zero-order valence-electron chi connectivity index (χ0n) is 10.9. The van der Waals surface area contributed by atoms with Gasteiger partial charge in [-0.25, -0.2) is 0 Å². The molecule has 2 aromatic heterocycles. The van der Waals surface area contributed by atoms with Gasteiger partial charge in [-0.05, 0) is 25.5 Å². The van der Waals surface area contributed by atoms with Crippen molar-refractivity contribution >= 4 is 11.6 Å². The Bertz CT molecular complexity index is 548. The molecule has 2 aromatic rings. The van der Waals surface area contributed by atoms with E-state index >= 15 is 0 Å². The summed E-state index contributed by atoms with van der Waals surface area (Å²) in [5.74, 6) is 0. The predicted octanol–water partition coefficient (Wildman–Crippen LogP) is 2.38. The van der Waals surface area contributed by atoms with Gasteiger partial charge in [0, 0.05) is 43.8 Å². The molecule has 96 valence electrons. The monoisotopic (exact) mass is 264 g/mol. The van der Waals surface area contributed by atoms with Gasteiger partial charge in [0.05, 0.1) is 10.7 Å². The molecule has 0 aliphatic carbocycles. The molecule has 1 N–H and O–H groups in total. The van der Waals surface area contributed by atoms with Gasteiger partial charge >= 0.3 is 0 Å². The lowest BCUT2D eigenvalue weighted by Crippen LogP contribution is -2.14. The Kier molecular flexibility index (Phi) is 3.99. The van der Waals surface area contributed by atoms with Crippen molar-refractivity contribution in [2.24, 2.45) is 7.05 Å². The number of pyridine rings is 1. The van der Waals surface area contributed by atoms with Gasteiger partial charge in [0.15, 0.2) is 0 Å². The molecule has 5 heteroatoms. The minimum absolute atomic E-state index is 0.699. The second-order valence-corrected chi connectivity index (χ2v) is 4.75. The van der Waals surface area contributed by atoms with Gasteiger partial charge < -0.3 is 5.32 Å². The Morgan fingerprint density at radius 1 is 1.33 bits per heavy atom. The Labute approximate surface area is 112 Å². The van der Waals surface area contributed by atoms with Crippen LogP contribution in [0.25, 0.3) is 0 Å². The molecule has 0 aromatic carbocycles. The first-order chi connectivity index (χ1) is 8.59. The highest BCUT2D eigenvalue weighted by Crippen LogP contribution is 2.14. The molecule has 0 aliphatic heterocycles. The number of halogens is 1. The van der Waals surface area contributed by atoms with E-state index in [0.717, 1.165) is 24.3 Å². The maximum atomic E-state index is 6.05. The lowest BCUT2D eigenvalue weighted by Gasteiger charge is -2.06. The molecule has 0 aliphatic rings. The molecule has 0 saturated heterocycles. The number of nitrogens with zero attached hydrogens (tertiary/aromatic N) is 3. The number of rotatable bonds is 4. The summed E-state index contributed by atoms with van der Waals surface area (Å²) < 4.78 is 1.91. The van der Waals surface area contributed by atoms with Crippen LogP contribution < -0.4 is 5.32 Å². The molecule has 0 bridgehead atoms. The minimum atomic E-state index is 0.699. The zero-order valence-corrected chi connectivity index (χ0v) is 11.6. The summed E-state index contributed by atoms with van der Waals surface area (Å²) >= 11 is 6.05. The van der Waals surface area contributed by atoms with Gasteiger partial charge in [0.25, 0.3) is 0 Å². The average molecular weight is 265 g/mol. The van der Waals surface area contributed by atoms with E-state index in [9.17, 15) is 0 Å². The SMILES string of the molecule is Cc1nn(C)c(C)c1CNCc1ccncc1Cl. The van der Waals surface area contributed by atoms with Gasteiger partial charge in [-0.2, -0.15) is 5.10 Å². The zero-order chi connectivity index (χ0) is 13.1. The highest BCUT2D eigenvalue weighted by Gasteiger charge is 2.08. The fourth-order valence-corrected chi connectivity index (χ4v) is 2.13. The van der Waals surface area contributed by atoms with Crippen molar-refractivity contribution in [2.75, 3.05) is 0 Å². The number of aromatic nitrogens is 3. The van der Waals surface area contributed by atoms with Gasteiger partial charge in [-0.3, -0.25) is 9.67 Å². The van der Waals surface area contributed by atoms with E-state index in [1.165, 1.54) is 11.3 Å². The van der Waals surface area contributed by atoms with E-state index < -0.39 is 0 Å². The third-order valence-corrected chi connectivity index (χ3v) is 3.47. The van der Waals surface area contributed by atoms with Crippen LogP contribution in [0, 0.1) is 13.8 Å². The van der Waals surface area contributed by atoms with Crippen LogP contribution in [0.2, 0.25) is 5.02 Å². The van der Waals surface area contributed by atoms with Crippen molar-refractivity contribution in [1.82, 2.24) is 20.1 Å². The molecule has 0 fully saturated rings. The first kappa shape index (κ1) is 13.1. The third kappa shape index (κ3) is 2.71. The predicted molar refractivity (Wildman–Crippen MR) is 72.5 cm³/mol. The van der Waals surface area contributed by atoms with Crippen molar-refractivity contribution < 1.29 is 0 Å². The molecule has 4 nitrogen and oxygen atoms in total. The van der Waals surface area contributed by atoms with Crippen molar-refractivity contribution in [3.05, 3.63) is 46.0 Å². The largest absolute Gasteiger partial charge is 0.308 e. The van der Waals surface area contributed by atoms with Crippen LogP contribution >= 0.6 is 11.6 Å². The fourth-order valence-electron chi connectivity index (χ4n) is 1.94. The van der Waals surface area contributed by atoms with Crippen molar-refractivity contribution in [2.45, 2.75) is 26.9 Å². The normalized spacial score (nSPS) is 10.9. The minimum Gasteiger partial charge on any atom is -0.308 e. The Hall–Kier alpha value is -1.39. The Morgan fingerprint density at radius 3 is 2.72 bits per heavy atom. The van der Waals surface area contributed by atoms with Crippen LogP contribution in [0.1, 0.15) is 22.5 Å². The quantitative estimate of drug-likeness (QED) is 0.922. The third-order valence-electron chi connectivity index (χ3n) is 3.13. The number of hydrogen-bond donors (Lipinski definition) is 1. The summed E-state index contributed by atoms with van der Waals surface area (Å²) in [4.78, 5) is 3.97. The summed E-state index contributed by atoms with van der Waals surface area (Å²) in [6.45, 7) is 5.64. The van der Waals surface area contributed by atoms with Gasteiger partial charge in [0.2, 0.25) is 0 Å². The molecule has 0 spiro atoms. The standard InChI is InChI=1S/C13H17ClN4/c1-9-12(10(2)18(3)17-9)7-16-6-11-4-5-15-8-13(11)14/h4-5,8,16H,6-7H2,1-3H3. The Morgan fingerprint density at radius 2 is 2.11 bits per heavy atom. The molecule has 0 radical (unpaired) electrons. The highest BCUT2D eigenvalue weighted by molar-refractivity contribution is 6.31. The number of nitrogens with one attached hydrogen (secondary N) is 1. The van der Waals surface area contributed by atoms with Gasteiger partial charge in [-0.15, -0.1) is 0 Å². The summed E-state index contributed by atoms with van der Waals surface area (Å²) in [5.41, 5.74) is 4.58. The van der Waals surface area contributed by atoms with Gasteiger partial charge in [-0.1, -0.05) is 11.6 Å². The second kappa shape index (κ2) is 5.50. The Balaban J connectivity index is 1.99. The summed E-state index contributed by atoms with van der Waals surface area (Å²) in [6.07, 6.45) is 3.42. The number of aryl methyl sites for hydroxylation is 2. The van der Waals surface area contributed by atoms with Crippen LogP contribution in [0.3, 0.4) is 0 Å². The van der Waals surface area contributed by atoms with Gasteiger partial charge in [0.1, 0.15) is 0 Å². The van der Waals surface area contributed by atoms with E-state index in [1.807, 2.05) is 24.7 Å². The van der Waals surface area contributed by atoms with E-state index in [-0.39, 0.29) is 0 Å². The molecule has 0 amide bonds. The summed E-state index contributed by atoms with van der Waals surface area (Å²) in [6, 6.07) is 1.93. The topological polar surface area (TPSA) is 42.7 Å². The van der Waals surface area contributed by atoms with Crippen LogP contribution in [0.4, 0.5) is 0 Å². The fraction of sp³-hybridized carbons (Fsp3) is 0.385. The summed E-state index contributed by atoms with van der Waals surface area (Å²) in [5, 5.41) is 8.48. The molecule has 18 heavy (non-hydrogen) atoms. The van der Waals surface area contributed by atoms with E-state index in [2.05, 4.69) is 22.3 Å². The van der Waals surface area contributed by atoms with Crippen LogP contribution in [0.5, 0.6) is 0 Å². The molecule has 0 unspecified atom stereocenters. The highest BCUT2D eigenvalue weighted by atomic mass is 35.5. The molecule has 0 saturated carbocycles. The first-order valence-corrected chi connectivity index (χ1v) is 6.25. The lowest BCUT2D eigenvalue weighted by molar-refractivity contribution is 0.683. The van der Waals surface area contributed by atoms with Crippen molar-refractivity contribution in [1.29, 1.82) is 0 Å². The average Bonchev–Trinajstić information content (AvgIpc) is 2.58. The van der Waals surface area contributed by atoms with E-state index in [4.69, 9.17) is 11.6 Å². The first-order valence-electron chi connectivity index (χ1n) is 5.87. The maximum Gasteiger partial charge on any atom is 0.0641 e. The molecule has 0 atom stereocenters. The van der Waals surface area contributed by atoms with Crippen LogP contribution in [-0.2, 0) is 20.1 Å². The van der Waals surface area contributed by atoms with Crippen molar-refractivity contribution in [3.63, 3.8) is 0 Å². The molecule has 2 heterocycles. The number of hydrogen-bond acceptors (Lipinski definition) is 3. The van der Waals surface area contributed by atoms with Crippen molar-refractivity contribution in [3.8, 4) is 0 Å². The molecular formula is C13H17ClN4. The lowest BCUT2D eigenvalue weighted by atomic mass is 10.2. The maximum absolute atomic E-state index is 6.05. The van der Waals surface area contributed by atoms with Crippen LogP contribution in [0.15, 0.2) is 18.5 Å². The molecular weight excluding hydrogens is 248 g/mol. The second-order valence-electron chi connectivity index (χ2n) is 4.34. The summed E-state index contributed by atoms with van der Waals surface area (Å²) in [7, 11) is 1.96. The smallest absolute Gasteiger partial charge is 0.0641 e. The van der Waals surface area contributed by atoms with E-state index in [1.54, 1.807) is 12.4 Å². The van der Waals surface area contributed by atoms with E-state index in [0.29, 0.717) is 5.02 Å². The molecule has 2 rings (SSSR count).